The highest BCUT2D eigenvalue weighted by atomic mass is 19.3. The van der Waals surface area contributed by atoms with Crippen LogP contribution in [0.3, 0.4) is 0 Å². The summed E-state index contributed by atoms with van der Waals surface area (Å²) in [6, 6.07) is 2.49. The number of aromatic nitrogens is 3. The molecule has 3 aromatic rings. The summed E-state index contributed by atoms with van der Waals surface area (Å²) >= 11 is 0. The summed E-state index contributed by atoms with van der Waals surface area (Å²) in [5, 5.41) is 0.391. The Bertz CT molecular complexity index is 937. The SMILES string of the molecule is NC1(COc2cnc(-c3c[nH]c4ncc(F)cc34)c(C(F)F)c2)CC1. The molecular formula is C17H15F3N4O. The molecule has 0 spiro atoms. The van der Waals surface area contributed by atoms with Crippen LogP contribution in [-0.2, 0) is 0 Å². The molecule has 3 N–H and O–H groups in total. The van der Waals surface area contributed by atoms with Crippen LogP contribution < -0.4 is 10.5 Å². The van der Waals surface area contributed by atoms with Gasteiger partial charge in [0.1, 0.15) is 23.8 Å². The van der Waals surface area contributed by atoms with Crippen molar-refractivity contribution in [2.24, 2.45) is 5.73 Å². The van der Waals surface area contributed by atoms with Crippen LogP contribution in [-0.4, -0.2) is 27.1 Å². The molecule has 1 saturated carbocycles. The van der Waals surface area contributed by atoms with Crippen molar-refractivity contribution in [1.29, 1.82) is 0 Å². The molecule has 4 rings (SSSR count). The van der Waals surface area contributed by atoms with Gasteiger partial charge in [0.15, 0.2) is 0 Å². The topological polar surface area (TPSA) is 76.8 Å². The molecule has 3 heterocycles. The number of nitrogens with one attached hydrogen (secondary N) is 1. The normalized spacial score (nSPS) is 15.7. The molecule has 0 unspecified atom stereocenters. The van der Waals surface area contributed by atoms with E-state index in [1.807, 2.05) is 0 Å². The average molecular weight is 348 g/mol. The van der Waals surface area contributed by atoms with Crippen molar-refractivity contribution >= 4 is 11.0 Å². The molecule has 5 nitrogen and oxygen atoms in total. The largest absolute Gasteiger partial charge is 0.490 e. The monoisotopic (exact) mass is 348 g/mol. The molecular weight excluding hydrogens is 333 g/mol. The number of nitrogens with two attached hydrogens (primary N) is 1. The Morgan fingerprint density at radius 1 is 1.24 bits per heavy atom. The fourth-order valence-corrected chi connectivity index (χ4v) is 2.64. The van der Waals surface area contributed by atoms with Gasteiger partial charge in [0.2, 0.25) is 0 Å². The smallest absolute Gasteiger partial charge is 0.266 e. The summed E-state index contributed by atoms with van der Waals surface area (Å²) in [7, 11) is 0. The first-order valence-electron chi connectivity index (χ1n) is 7.78. The zero-order valence-corrected chi connectivity index (χ0v) is 13.1. The molecule has 0 aliphatic heterocycles. The second-order valence-electron chi connectivity index (χ2n) is 6.31. The van der Waals surface area contributed by atoms with E-state index in [1.165, 1.54) is 24.5 Å². The minimum absolute atomic E-state index is 0.0647. The van der Waals surface area contributed by atoms with E-state index in [0.29, 0.717) is 16.6 Å². The number of aromatic amines is 1. The minimum Gasteiger partial charge on any atom is -0.490 e. The van der Waals surface area contributed by atoms with Crippen molar-refractivity contribution in [2.45, 2.75) is 24.8 Å². The lowest BCUT2D eigenvalue weighted by atomic mass is 10.1. The number of rotatable bonds is 5. The van der Waals surface area contributed by atoms with Crippen molar-refractivity contribution in [2.75, 3.05) is 6.61 Å². The predicted molar refractivity (Wildman–Crippen MR) is 85.9 cm³/mol. The van der Waals surface area contributed by atoms with Crippen LogP contribution in [0.1, 0.15) is 24.8 Å². The van der Waals surface area contributed by atoms with E-state index in [1.54, 1.807) is 0 Å². The lowest BCUT2D eigenvalue weighted by Crippen LogP contribution is -2.29. The minimum atomic E-state index is -2.76. The molecule has 0 saturated heterocycles. The Morgan fingerprint density at radius 2 is 2.04 bits per heavy atom. The molecule has 1 aliphatic rings. The third kappa shape index (κ3) is 3.05. The van der Waals surface area contributed by atoms with Gasteiger partial charge in [-0.3, -0.25) is 4.98 Å². The number of hydrogen-bond acceptors (Lipinski definition) is 4. The Balaban J connectivity index is 1.73. The zero-order valence-electron chi connectivity index (χ0n) is 13.1. The maximum atomic E-state index is 13.5. The first kappa shape index (κ1) is 15.9. The van der Waals surface area contributed by atoms with Crippen LogP contribution in [0, 0.1) is 5.82 Å². The van der Waals surface area contributed by atoms with E-state index in [-0.39, 0.29) is 29.2 Å². The lowest BCUT2D eigenvalue weighted by Gasteiger charge is -2.13. The molecule has 0 bridgehead atoms. The van der Waals surface area contributed by atoms with Gasteiger partial charge in [-0.1, -0.05) is 0 Å². The zero-order chi connectivity index (χ0) is 17.6. The lowest BCUT2D eigenvalue weighted by molar-refractivity contribution is 0.151. The number of ether oxygens (including phenoxy) is 1. The van der Waals surface area contributed by atoms with Crippen LogP contribution in [0.15, 0.2) is 30.7 Å². The molecule has 0 amide bonds. The summed E-state index contributed by atoms with van der Waals surface area (Å²) in [6.45, 7) is 0.263. The van der Waals surface area contributed by atoms with Gasteiger partial charge in [0.05, 0.1) is 23.6 Å². The van der Waals surface area contributed by atoms with Gasteiger partial charge in [-0.05, 0) is 25.0 Å². The van der Waals surface area contributed by atoms with E-state index in [4.69, 9.17) is 10.5 Å². The van der Waals surface area contributed by atoms with Crippen LogP contribution in [0.2, 0.25) is 0 Å². The molecule has 3 aromatic heterocycles. The quantitative estimate of drug-likeness (QED) is 0.739. The van der Waals surface area contributed by atoms with E-state index in [9.17, 15) is 13.2 Å². The van der Waals surface area contributed by atoms with Gasteiger partial charge in [-0.2, -0.15) is 0 Å². The van der Waals surface area contributed by atoms with Gasteiger partial charge in [-0.25, -0.2) is 18.2 Å². The van der Waals surface area contributed by atoms with Crippen LogP contribution in [0.5, 0.6) is 5.75 Å². The van der Waals surface area contributed by atoms with Crippen LogP contribution >= 0.6 is 0 Å². The molecule has 130 valence electrons. The van der Waals surface area contributed by atoms with Gasteiger partial charge < -0.3 is 15.5 Å². The molecule has 1 fully saturated rings. The number of pyridine rings is 2. The number of alkyl halides is 2. The number of fused-ring (bicyclic) bond motifs is 1. The van der Waals surface area contributed by atoms with Crippen molar-refractivity contribution in [1.82, 2.24) is 15.0 Å². The number of nitrogens with zero attached hydrogens (tertiary/aromatic N) is 2. The second-order valence-corrected chi connectivity index (χ2v) is 6.31. The molecule has 1 aliphatic carbocycles. The Morgan fingerprint density at radius 3 is 2.76 bits per heavy atom. The number of halogens is 3. The maximum absolute atomic E-state index is 13.5. The van der Waals surface area contributed by atoms with Crippen molar-refractivity contribution in [3.05, 3.63) is 42.1 Å². The van der Waals surface area contributed by atoms with E-state index >= 15 is 0 Å². The molecule has 0 atom stereocenters. The van der Waals surface area contributed by atoms with Gasteiger partial charge in [-0.15, -0.1) is 0 Å². The molecule has 0 radical (unpaired) electrons. The molecule has 25 heavy (non-hydrogen) atoms. The summed E-state index contributed by atoms with van der Waals surface area (Å²) in [4.78, 5) is 10.9. The average Bonchev–Trinajstić information content (AvgIpc) is 3.19. The third-order valence-corrected chi connectivity index (χ3v) is 4.30. The van der Waals surface area contributed by atoms with Crippen molar-refractivity contribution in [3.8, 4) is 17.0 Å². The first-order valence-corrected chi connectivity index (χ1v) is 7.78. The fraction of sp³-hybridized carbons (Fsp3) is 0.294. The number of hydrogen-bond donors (Lipinski definition) is 2. The van der Waals surface area contributed by atoms with Crippen molar-refractivity contribution in [3.63, 3.8) is 0 Å². The highest BCUT2D eigenvalue weighted by molar-refractivity contribution is 5.93. The molecule has 8 heteroatoms. The summed E-state index contributed by atoms with van der Waals surface area (Å²) in [6.07, 6.45) is 2.87. The van der Waals surface area contributed by atoms with Crippen molar-refractivity contribution < 1.29 is 17.9 Å². The fourth-order valence-electron chi connectivity index (χ4n) is 2.64. The summed E-state index contributed by atoms with van der Waals surface area (Å²) in [5.74, 6) is -0.315. The summed E-state index contributed by atoms with van der Waals surface area (Å²) < 4.78 is 46.1. The second kappa shape index (κ2) is 5.73. The summed E-state index contributed by atoms with van der Waals surface area (Å²) in [5.41, 5.74) is 6.12. The standard InChI is InChI=1S/C17H15F3N4O/c18-9-3-11-13(7-24-16(11)23-5-9)14-12(15(19)20)4-10(6-22-14)25-8-17(21)1-2-17/h3-7,15H,1-2,8,21H2,(H,23,24). The van der Waals surface area contributed by atoms with Crippen LogP contribution in [0.25, 0.3) is 22.3 Å². The van der Waals surface area contributed by atoms with Gasteiger partial charge in [0, 0.05) is 22.7 Å². The number of H-pyrrole nitrogens is 1. The highest BCUT2D eigenvalue weighted by Gasteiger charge is 2.39. The van der Waals surface area contributed by atoms with Gasteiger partial charge >= 0.3 is 0 Å². The highest BCUT2D eigenvalue weighted by Crippen LogP contribution is 2.37. The van der Waals surface area contributed by atoms with Crippen LogP contribution in [0.4, 0.5) is 13.2 Å². The Hall–Kier alpha value is -2.61. The molecule has 0 aromatic carbocycles. The predicted octanol–water partition coefficient (Wildman–Crippen LogP) is 3.57. The van der Waals surface area contributed by atoms with E-state index in [2.05, 4.69) is 15.0 Å². The Labute approximate surface area is 141 Å². The van der Waals surface area contributed by atoms with E-state index in [0.717, 1.165) is 19.0 Å². The third-order valence-electron chi connectivity index (χ3n) is 4.30. The first-order chi connectivity index (χ1) is 12.0. The Kier molecular flexibility index (Phi) is 3.64. The maximum Gasteiger partial charge on any atom is 0.266 e. The van der Waals surface area contributed by atoms with E-state index < -0.39 is 12.2 Å². The van der Waals surface area contributed by atoms with Gasteiger partial charge in [0.25, 0.3) is 6.43 Å².